The molecule has 0 aromatic heterocycles. The van der Waals surface area contributed by atoms with E-state index in [0.29, 0.717) is 19.8 Å². The van der Waals surface area contributed by atoms with Crippen molar-refractivity contribution in [2.45, 2.75) is 136 Å². The van der Waals surface area contributed by atoms with E-state index in [1.54, 1.807) is 0 Å². The van der Waals surface area contributed by atoms with E-state index in [1.807, 2.05) is 0 Å². The topological polar surface area (TPSA) is 60.7 Å². The third-order valence-electron chi connectivity index (χ3n) is 4.54. The molecule has 0 aliphatic heterocycles. The molecule has 0 aliphatic rings. The van der Waals surface area contributed by atoms with Gasteiger partial charge in [0.05, 0.1) is 0 Å². The van der Waals surface area contributed by atoms with Crippen LogP contribution in [-0.2, 0) is 32.7 Å². The first-order valence-corrected chi connectivity index (χ1v) is 12.1. The number of aliphatic hydroxyl groups excluding tert-OH is 3. The van der Waals surface area contributed by atoms with Gasteiger partial charge in [-0.05, 0) is 19.3 Å². The van der Waals surface area contributed by atoms with Crippen LogP contribution < -0.4 is 0 Å². The Bertz CT molecular complexity index is 153. The molecule has 3 N–H and O–H groups in total. The smallest absolute Gasteiger partial charge is 0.0431 e. The quantitative estimate of drug-likeness (QED) is 0.185. The summed E-state index contributed by atoms with van der Waals surface area (Å²) >= 11 is 0. The largest absolute Gasteiger partial charge is 0.396 e. The molecule has 0 saturated carbocycles. The van der Waals surface area contributed by atoms with Gasteiger partial charge in [-0.15, -0.1) is 0 Å². The summed E-state index contributed by atoms with van der Waals surface area (Å²) in [4.78, 5) is 0. The second-order valence-corrected chi connectivity index (χ2v) is 7.47. The van der Waals surface area contributed by atoms with Gasteiger partial charge in [0.1, 0.15) is 0 Å². The zero-order valence-electron chi connectivity index (χ0n) is 19.8. The first kappa shape index (κ1) is 36.4. The zero-order chi connectivity index (χ0) is 20.8. The van der Waals surface area contributed by atoms with E-state index < -0.39 is 0 Å². The van der Waals surface area contributed by atoms with Gasteiger partial charge in [0.25, 0.3) is 0 Å². The molecule has 0 aromatic rings. The van der Waals surface area contributed by atoms with Gasteiger partial charge >= 0.3 is 0 Å². The van der Waals surface area contributed by atoms with Crippen molar-refractivity contribution in [1.29, 1.82) is 0 Å². The minimum absolute atomic E-state index is 0. The van der Waals surface area contributed by atoms with Crippen molar-refractivity contribution in [3.05, 3.63) is 0 Å². The Balaban J connectivity index is -0.000000152. The molecule has 0 spiro atoms. The normalized spacial score (nSPS) is 9.64. The molecule has 28 heavy (non-hydrogen) atoms. The number of unbranched alkanes of at least 4 members (excludes halogenated alkanes) is 15. The van der Waals surface area contributed by atoms with Crippen LogP contribution in [0.4, 0.5) is 0 Å². The molecule has 0 atom stereocenters. The molecule has 3 nitrogen and oxygen atoms in total. The molecule has 0 aliphatic carbocycles. The van der Waals surface area contributed by atoms with E-state index in [2.05, 4.69) is 20.8 Å². The van der Waals surface area contributed by atoms with Crippen LogP contribution in [0.25, 0.3) is 0 Å². The Morgan fingerprint density at radius 3 is 0.679 bits per heavy atom. The second kappa shape index (κ2) is 42.2. The van der Waals surface area contributed by atoms with E-state index in [0.717, 1.165) is 19.3 Å². The predicted octanol–water partition coefficient (Wildman–Crippen LogP) is 7.02. The summed E-state index contributed by atoms with van der Waals surface area (Å²) in [6.45, 7) is 7.74. The van der Waals surface area contributed by atoms with Gasteiger partial charge in [-0.25, -0.2) is 0 Å². The number of rotatable bonds is 18. The molecule has 0 saturated heterocycles. The maximum absolute atomic E-state index is 8.42. The van der Waals surface area contributed by atoms with Gasteiger partial charge in [-0.1, -0.05) is 117 Å². The Kier molecular flexibility index (Phi) is 54.8. The average Bonchev–Trinajstić information content (AvgIpc) is 2.69. The summed E-state index contributed by atoms with van der Waals surface area (Å²) in [5, 5.41) is 25.3. The van der Waals surface area contributed by atoms with Crippen molar-refractivity contribution >= 4 is 0 Å². The maximum atomic E-state index is 8.42. The van der Waals surface area contributed by atoms with Crippen molar-refractivity contribution in [1.82, 2.24) is 0 Å². The van der Waals surface area contributed by atoms with Gasteiger partial charge in [0, 0.05) is 52.5 Å². The van der Waals surface area contributed by atoms with Gasteiger partial charge in [-0.3, -0.25) is 0 Å². The summed E-state index contributed by atoms with van der Waals surface area (Å²) in [6.07, 6.45) is 22.5. The van der Waals surface area contributed by atoms with Crippen LogP contribution in [0.5, 0.6) is 0 Å². The molecular formula is C24H54O3Y. The number of aliphatic hydroxyl groups is 3. The summed E-state index contributed by atoms with van der Waals surface area (Å²) in [6, 6.07) is 0. The molecule has 0 amide bonds. The minimum Gasteiger partial charge on any atom is -0.396 e. The molecule has 171 valence electrons. The molecule has 0 rings (SSSR count). The number of hydrogen-bond acceptors (Lipinski definition) is 3. The van der Waals surface area contributed by atoms with Gasteiger partial charge < -0.3 is 15.3 Å². The average molecular weight is 480 g/mol. The third-order valence-corrected chi connectivity index (χ3v) is 4.54. The molecular weight excluding hydrogens is 425 g/mol. The van der Waals surface area contributed by atoms with E-state index in [4.69, 9.17) is 15.3 Å². The standard InChI is InChI=1S/3C8H18O.Y/c3*1-2-3-4-5-6-7-8-9;/h3*9H,2-8H2,1H3;. The molecule has 0 bridgehead atoms. The van der Waals surface area contributed by atoms with Gasteiger partial charge in [-0.2, -0.15) is 0 Å². The van der Waals surface area contributed by atoms with Crippen LogP contribution in [0.15, 0.2) is 0 Å². The van der Waals surface area contributed by atoms with Crippen molar-refractivity contribution in [3.63, 3.8) is 0 Å². The Morgan fingerprint density at radius 2 is 0.500 bits per heavy atom. The molecule has 0 aromatic carbocycles. The predicted molar refractivity (Wildman–Crippen MR) is 121 cm³/mol. The van der Waals surface area contributed by atoms with E-state index in [-0.39, 0.29) is 32.7 Å². The van der Waals surface area contributed by atoms with Crippen LogP contribution in [-0.4, -0.2) is 35.1 Å². The molecule has 4 heteroatoms. The second-order valence-electron chi connectivity index (χ2n) is 7.47. The first-order chi connectivity index (χ1) is 13.2. The summed E-state index contributed by atoms with van der Waals surface area (Å²) < 4.78 is 0. The molecule has 0 heterocycles. The summed E-state index contributed by atoms with van der Waals surface area (Å²) in [5.41, 5.74) is 0. The fraction of sp³-hybridized carbons (Fsp3) is 1.00. The van der Waals surface area contributed by atoms with Crippen molar-refractivity contribution < 1.29 is 48.0 Å². The summed E-state index contributed by atoms with van der Waals surface area (Å²) in [7, 11) is 0. The first-order valence-electron chi connectivity index (χ1n) is 12.1. The van der Waals surface area contributed by atoms with Crippen LogP contribution in [0.1, 0.15) is 136 Å². The van der Waals surface area contributed by atoms with E-state index >= 15 is 0 Å². The fourth-order valence-corrected chi connectivity index (χ4v) is 2.68. The van der Waals surface area contributed by atoms with Crippen molar-refractivity contribution in [3.8, 4) is 0 Å². The van der Waals surface area contributed by atoms with E-state index in [1.165, 1.54) is 96.3 Å². The van der Waals surface area contributed by atoms with Crippen molar-refractivity contribution in [2.24, 2.45) is 0 Å². The van der Waals surface area contributed by atoms with E-state index in [9.17, 15) is 0 Å². The van der Waals surface area contributed by atoms with Gasteiger partial charge in [0.2, 0.25) is 0 Å². The maximum Gasteiger partial charge on any atom is 0.0431 e. The molecule has 0 unspecified atom stereocenters. The van der Waals surface area contributed by atoms with Crippen molar-refractivity contribution in [2.75, 3.05) is 19.8 Å². The SMILES string of the molecule is CCCCCCCCO.CCCCCCCCO.CCCCCCCCO.[Y]. The zero-order valence-corrected chi connectivity index (χ0v) is 22.6. The third kappa shape index (κ3) is 50.6. The fourth-order valence-electron chi connectivity index (χ4n) is 2.68. The van der Waals surface area contributed by atoms with Gasteiger partial charge in [0.15, 0.2) is 0 Å². The van der Waals surface area contributed by atoms with Crippen LogP contribution >= 0.6 is 0 Å². The Labute approximate surface area is 203 Å². The van der Waals surface area contributed by atoms with Crippen LogP contribution in [0, 0.1) is 0 Å². The molecule has 1 radical (unpaired) electrons. The minimum atomic E-state index is 0. The van der Waals surface area contributed by atoms with Crippen LogP contribution in [0.2, 0.25) is 0 Å². The molecule has 0 fully saturated rings. The summed E-state index contributed by atoms with van der Waals surface area (Å²) in [5.74, 6) is 0. The monoisotopic (exact) mass is 479 g/mol. The van der Waals surface area contributed by atoms with Crippen LogP contribution in [0.3, 0.4) is 0 Å². The Morgan fingerprint density at radius 1 is 0.321 bits per heavy atom. The Hall–Kier alpha value is 0.984. The number of hydrogen-bond donors (Lipinski definition) is 3.